The van der Waals surface area contributed by atoms with Crippen molar-refractivity contribution in [2.45, 2.75) is 25.4 Å². The first-order valence-corrected chi connectivity index (χ1v) is 7.10. The van der Waals surface area contributed by atoms with Crippen LogP contribution in [0, 0.1) is 11.6 Å². The molecule has 0 spiro atoms. The number of nitrogens with two attached hydrogens (primary N) is 1. The van der Waals surface area contributed by atoms with Crippen LogP contribution in [0.25, 0.3) is 0 Å². The number of rotatable bonds is 4. The third-order valence-corrected chi connectivity index (χ3v) is 4.01. The summed E-state index contributed by atoms with van der Waals surface area (Å²) in [5, 5.41) is 0. The van der Waals surface area contributed by atoms with Gasteiger partial charge in [0.15, 0.2) is 0 Å². The highest BCUT2D eigenvalue weighted by atomic mass is 19.1. The van der Waals surface area contributed by atoms with Crippen molar-refractivity contribution in [3.05, 3.63) is 35.4 Å². The zero-order valence-corrected chi connectivity index (χ0v) is 12.1. The number of nitrogens with zero attached hydrogens (tertiary/aromatic N) is 2. The smallest absolute Gasteiger partial charge is 0.126 e. The Hall–Kier alpha value is -1.04. The quantitative estimate of drug-likeness (QED) is 0.917. The Morgan fingerprint density at radius 3 is 2.50 bits per heavy atom. The van der Waals surface area contributed by atoms with E-state index < -0.39 is 11.6 Å². The monoisotopic (exact) mass is 283 g/mol. The highest BCUT2D eigenvalue weighted by molar-refractivity contribution is 5.21. The van der Waals surface area contributed by atoms with Crippen molar-refractivity contribution in [3.63, 3.8) is 0 Å². The number of halogens is 2. The van der Waals surface area contributed by atoms with Gasteiger partial charge in [0.2, 0.25) is 0 Å². The van der Waals surface area contributed by atoms with Crippen molar-refractivity contribution in [1.29, 1.82) is 0 Å². The molecule has 1 aliphatic rings. The fraction of sp³-hybridized carbons (Fsp3) is 0.600. The highest BCUT2D eigenvalue weighted by Crippen LogP contribution is 2.19. The van der Waals surface area contributed by atoms with Gasteiger partial charge in [-0.25, -0.2) is 8.78 Å². The molecule has 0 bridgehead atoms. The van der Waals surface area contributed by atoms with Gasteiger partial charge in [-0.3, -0.25) is 4.90 Å². The summed E-state index contributed by atoms with van der Waals surface area (Å²) in [6, 6.07) is 3.68. The summed E-state index contributed by atoms with van der Waals surface area (Å²) >= 11 is 0. The van der Waals surface area contributed by atoms with Crippen LogP contribution in [0.5, 0.6) is 0 Å². The Bertz CT molecular complexity index is 432. The van der Waals surface area contributed by atoms with Crippen LogP contribution in [-0.2, 0) is 0 Å². The Morgan fingerprint density at radius 2 is 1.90 bits per heavy atom. The van der Waals surface area contributed by atoms with Crippen LogP contribution < -0.4 is 5.73 Å². The van der Waals surface area contributed by atoms with Gasteiger partial charge >= 0.3 is 0 Å². The van der Waals surface area contributed by atoms with Gasteiger partial charge in [0.05, 0.1) is 0 Å². The molecule has 1 aromatic carbocycles. The Kier molecular flexibility index (Phi) is 5.07. The molecule has 2 atom stereocenters. The maximum atomic E-state index is 13.2. The molecule has 2 rings (SSSR count). The van der Waals surface area contributed by atoms with Crippen LogP contribution in [0.3, 0.4) is 0 Å². The summed E-state index contributed by atoms with van der Waals surface area (Å²) < 4.78 is 26.4. The summed E-state index contributed by atoms with van der Waals surface area (Å²) in [5.74, 6) is -1.13. The fourth-order valence-electron chi connectivity index (χ4n) is 2.77. The molecule has 0 amide bonds. The van der Waals surface area contributed by atoms with E-state index >= 15 is 0 Å². The number of likely N-dealkylation sites (N-methyl/N-ethyl adjacent to an activating group) is 1. The van der Waals surface area contributed by atoms with Gasteiger partial charge in [0.25, 0.3) is 0 Å². The molecular formula is C15H23F2N3. The molecule has 2 N–H and O–H groups in total. The van der Waals surface area contributed by atoms with Crippen molar-refractivity contribution < 1.29 is 8.78 Å². The molecule has 1 aliphatic heterocycles. The second-order valence-corrected chi connectivity index (χ2v) is 5.75. The fourth-order valence-corrected chi connectivity index (χ4v) is 2.77. The molecule has 2 unspecified atom stereocenters. The largest absolute Gasteiger partial charge is 0.324 e. The second-order valence-electron chi connectivity index (χ2n) is 5.75. The van der Waals surface area contributed by atoms with E-state index in [0.717, 1.165) is 32.2 Å². The minimum absolute atomic E-state index is 0.327. The minimum atomic E-state index is -0.566. The molecule has 0 aliphatic carbocycles. The number of hydrogen-bond donors (Lipinski definition) is 1. The van der Waals surface area contributed by atoms with E-state index in [4.69, 9.17) is 5.73 Å². The van der Waals surface area contributed by atoms with Crippen LogP contribution in [0.4, 0.5) is 8.78 Å². The number of benzene rings is 1. The topological polar surface area (TPSA) is 32.5 Å². The van der Waals surface area contributed by atoms with Crippen molar-refractivity contribution in [2.75, 3.05) is 33.2 Å². The van der Waals surface area contributed by atoms with Crippen LogP contribution in [0.15, 0.2) is 18.2 Å². The summed E-state index contributed by atoms with van der Waals surface area (Å²) in [4.78, 5) is 4.69. The lowest BCUT2D eigenvalue weighted by molar-refractivity contribution is 0.0973. The molecular weight excluding hydrogens is 260 g/mol. The van der Waals surface area contributed by atoms with Crippen molar-refractivity contribution >= 4 is 0 Å². The molecule has 1 fully saturated rings. The normalized spacial score (nSPS) is 22.9. The minimum Gasteiger partial charge on any atom is -0.324 e. The van der Waals surface area contributed by atoms with E-state index in [9.17, 15) is 8.78 Å². The maximum absolute atomic E-state index is 13.2. The summed E-state index contributed by atoms with van der Waals surface area (Å²) in [5.41, 5.74) is 6.58. The summed E-state index contributed by atoms with van der Waals surface area (Å²) in [6.45, 7) is 6.16. The molecule has 5 heteroatoms. The molecule has 1 heterocycles. The van der Waals surface area contributed by atoms with Gasteiger partial charge < -0.3 is 10.6 Å². The first-order chi connectivity index (χ1) is 9.45. The van der Waals surface area contributed by atoms with Crippen LogP contribution in [0.1, 0.15) is 24.9 Å². The van der Waals surface area contributed by atoms with E-state index in [1.54, 1.807) is 0 Å². The molecule has 0 saturated carbocycles. The standard InChI is InChI=1S/C15H23F2N3/c1-11-10-19(2)5-6-20(11)4-3-15(18)12-7-13(16)9-14(17)8-12/h7-9,11,15H,3-6,10,18H2,1-2H3. The lowest BCUT2D eigenvalue weighted by atomic mass is 10.0. The first kappa shape index (κ1) is 15.4. The van der Waals surface area contributed by atoms with E-state index in [-0.39, 0.29) is 6.04 Å². The van der Waals surface area contributed by atoms with E-state index in [2.05, 4.69) is 23.8 Å². The van der Waals surface area contributed by atoms with Gasteiger partial charge in [-0.15, -0.1) is 0 Å². The van der Waals surface area contributed by atoms with Crippen molar-refractivity contribution in [3.8, 4) is 0 Å². The summed E-state index contributed by atoms with van der Waals surface area (Å²) in [7, 11) is 2.12. The predicted molar refractivity (Wildman–Crippen MR) is 76.4 cm³/mol. The van der Waals surface area contributed by atoms with Gasteiger partial charge in [0, 0.05) is 44.3 Å². The number of piperazine rings is 1. The summed E-state index contributed by atoms with van der Waals surface area (Å²) in [6.07, 6.45) is 0.705. The molecule has 1 aromatic rings. The molecule has 20 heavy (non-hydrogen) atoms. The van der Waals surface area contributed by atoms with Gasteiger partial charge in [-0.1, -0.05) is 0 Å². The molecule has 0 radical (unpaired) electrons. The van der Waals surface area contributed by atoms with Crippen molar-refractivity contribution in [1.82, 2.24) is 9.80 Å². The molecule has 0 aromatic heterocycles. The Labute approximate surface area is 119 Å². The lowest BCUT2D eigenvalue weighted by Crippen LogP contribution is -2.50. The molecule has 1 saturated heterocycles. The lowest BCUT2D eigenvalue weighted by Gasteiger charge is -2.38. The Morgan fingerprint density at radius 1 is 1.25 bits per heavy atom. The van der Waals surface area contributed by atoms with Gasteiger partial charge in [-0.2, -0.15) is 0 Å². The van der Waals surface area contributed by atoms with Crippen LogP contribution in [0.2, 0.25) is 0 Å². The van der Waals surface area contributed by atoms with Gasteiger partial charge in [-0.05, 0) is 38.1 Å². The molecule has 112 valence electrons. The van der Waals surface area contributed by atoms with E-state index in [1.165, 1.54) is 12.1 Å². The van der Waals surface area contributed by atoms with Gasteiger partial charge in [0.1, 0.15) is 11.6 Å². The van der Waals surface area contributed by atoms with Crippen LogP contribution >= 0.6 is 0 Å². The highest BCUT2D eigenvalue weighted by Gasteiger charge is 2.21. The first-order valence-electron chi connectivity index (χ1n) is 7.10. The number of hydrogen-bond acceptors (Lipinski definition) is 3. The predicted octanol–water partition coefficient (Wildman–Crippen LogP) is 1.99. The SMILES string of the molecule is CC1CN(C)CCN1CCC(N)c1cc(F)cc(F)c1. The van der Waals surface area contributed by atoms with Crippen molar-refractivity contribution in [2.24, 2.45) is 5.73 Å². The Balaban J connectivity index is 1.90. The maximum Gasteiger partial charge on any atom is 0.126 e. The average Bonchev–Trinajstić information content (AvgIpc) is 2.36. The second kappa shape index (κ2) is 6.61. The average molecular weight is 283 g/mol. The third kappa shape index (κ3) is 3.98. The zero-order valence-electron chi connectivity index (χ0n) is 12.1. The third-order valence-electron chi connectivity index (χ3n) is 4.01. The molecule has 3 nitrogen and oxygen atoms in total. The van der Waals surface area contributed by atoms with Crippen LogP contribution in [-0.4, -0.2) is 49.1 Å². The zero-order chi connectivity index (χ0) is 14.7. The van der Waals surface area contributed by atoms with E-state index in [1.807, 2.05) is 0 Å². The van der Waals surface area contributed by atoms with E-state index in [0.29, 0.717) is 18.0 Å².